The van der Waals surface area contributed by atoms with Crippen molar-refractivity contribution >= 4 is 0 Å². The number of benzene rings is 1. The summed E-state index contributed by atoms with van der Waals surface area (Å²) in [6, 6.07) is 13.8. The summed E-state index contributed by atoms with van der Waals surface area (Å²) < 4.78 is 0. The monoisotopic (exact) mass is 282 g/mol. The Bertz CT molecular complexity index is 505. The quantitative estimate of drug-likeness (QED) is 0.780. The normalized spacial score (nSPS) is 12.3. The van der Waals surface area contributed by atoms with E-state index in [0.29, 0.717) is 6.04 Å². The second-order valence-electron chi connectivity index (χ2n) is 5.50. The van der Waals surface area contributed by atoms with Crippen molar-refractivity contribution in [1.82, 2.24) is 10.3 Å². The fourth-order valence-electron chi connectivity index (χ4n) is 2.70. The highest BCUT2D eigenvalue weighted by Gasteiger charge is 2.10. The first-order valence-electron chi connectivity index (χ1n) is 8.04. The van der Waals surface area contributed by atoms with Gasteiger partial charge in [0, 0.05) is 18.4 Å². The summed E-state index contributed by atoms with van der Waals surface area (Å²) in [6.45, 7) is 5.40. The van der Waals surface area contributed by atoms with Crippen LogP contribution in [0.1, 0.15) is 49.4 Å². The number of hydrogen-bond donors (Lipinski definition) is 1. The lowest BCUT2D eigenvalue weighted by Gasteiger charge is -2.19. The van der Waals surface area contributed by atoms with E-state index in [-0.39, 0.29) is 0 Å². The average Bonchev–Trinajstić information content (AvgIpc) is 2.54. The summed E-state index contributed by atoms with van der Waals surface area (Å²) in [6.07, 6.45) is 8.32. The molecular formula is C19H26N2. The molecule has 0 saturated carbocycles. The molecule has 0 spiro atoms. The van der Waals surface area contributed by atoms with Gasteiger partial charge in [0.05, 0.1) is 0 Å². The fourth-order valence-corrected chi connectivity index (χ4v) is 2.70. The molecule has 2 aromatic rings. The van der Waals surface area contributed by atoms with Gasteiger partial charge in [-0.25, -0.2) is 0 Å². The van der Waals surface area contributed by atoms with Crippen LogP contribution in [0.5, 0.6) is 0 Å². The van der Waals surface area contributed by atoms with Gasteiger partial charge in [0.15, 0.2) is 0 Å². The van der Waals surface area contributed by atoms with E-state index in [0.717, 1.165) is 19.4 Å². The van der Waals surface area contributed by atoms with E-state index in [1.807, 2.05) is 12.4 Å². The molecule has 2 nitrogen and oxygen atoms in total. The zero-order valence-corrected chi connectivity index (χ0v) is 13.2. The van der Waals surface area contributed by atoms with Crippen LogP contribution in [0.2, 0.25) is 0 Å². The first-order chi connectivity index (χ1) is 10.3. The highest BCUT2D eigenvalue weighted by atomic mass is 14.9. The van der Waals surface area contributed by atoms with Crippen LogP contribution >= 0.6 is 0 Å². The highest BCUT2D eigenvalue weighted by molar-refractivity contribution is 5.25. The number of hydrogen-bond acceptors (Lipinski definition) is 2. The third-order valence-electron chi connectivity index (χ3n) is 3.84. The van der Waals surface area contributed by atoms with Crippen LogP contribution in [-0.2, 0) is 12.8 Å². The van der Waals surface area contributed by atoms with Crippen LogP contribution in [0.15, 0.2) is 48.8 Å². The van der Waals surface area contributed by atoms with Crippen molar-refractivity contribution in [3.63, 3.8) is 0 Å². The molecule has 0 saturated heterocycles. The maximum atomic E-state index is 4.08. The van der Waals surface area contributed by atoms with Crippen molar-refractivity contribution in [2.45, 2.75) is 45.6 Å². The minimum atomic E-state index is 0.429. The SMILES string of the molecule is CCCc1ccc(C(CCc2ccncc2)NCC)cc1. The van der Waals surface area contributed by atoms with E-state index in [1.165, 1.54) is 29.5 Å². The van der Waals surface area contributed by atoms with E-state index in [4.69, 9.17) is 0 Å². The van der Waals surface area contributed by atoms with E-state index in [1.54, 1.807) is 0 Å². The molecule has 21 heavy (non-hydrogen) atoms. The minimum Gasteiger partial charge on any atom is -0.310 e. The molecular weight excluding hydrogens is 256 g/mol. The average molecular weight is 282 g/mol. The Hall–Kier alpha value is -1.67. The van der Waals surface area contributed by atoms with Crippen molar-refractivity contribution in [1.29, 1.82) is 0 Å². The van der Waals surface area contributed by atoms with Gasteiger partial charge in [-0.1, -0.05) is 44.5 Å². The maximum absolute atomic E-state index is 4.08. The summed E-state index contributed by atoms with van der Waals surface area (Å²) in [7, 11) is 0. The van der Waals surface area contributed by atoms with Gasteiger partial charge in [0.25, 0.3) is 0 Å². The number of nitrogens with zero attached hydrogens (tertiary/aromatic N) is 1. The Morgan fingerprint density at radius 2 is 1.57 bits per heavy atom. The molecule has 1 aromatic carbocycles. The largest absolute Gasteiger partial charge is 0.310 e. The smallest absolute Gasteiger partial charge is 0.0323 e. The highest BCUT2D eigenvalue weighted by Crippen LogP contribution is 2.20. The van der Waals surface area contributed by atoms with Crippen molar-refractivity contribution in [3.05, 3.63) is 65.5 Å². The van der Waals surface area contributed by atoms with Crippen LogP contribution in [0.4, 0.5) is 0 Å². The van der Waals surface area contributed by atoms with Crippen molar-refractivity contribution in [2.24, 2.45) is 0 Å². The van der Waals surface area contributed by atoms with Crippen molar-refractivity contribution < 1.29 is 0 Å². The second-order valence-corrected chi connectivity index (χ2v) is 5.50. The summed E-state index contributed by atoms with van der Waals surface area (Å²) >= 11 is 0. The Morgan fingerprint density at radius 3 is 2.19 bits per heavy atom. The molecule has 0 bridgehead atoms. The third kappa shape index (κ3) is 4.98. The lowest BCUT2D eigenvalue weighted by molar-refractivity contribution is 0.515. The summed E-state index contributed by atoms with van der Waals surface area (Å²) in [5.41, 5.74) is 4.19. The minimum absolute atomic E-state index is 0.429. The van der Waals surface area contributed by atoms with Crippen LogP contribution in [0.25, 0.3) is 0 Å². The van der Waals surface area contributed by atoms with E-state index in [2.05, 4.69) is 60.5 Å². The predicted octanol–water partition coefficient (Wildman–Crippen LogP) is 4.32. The van der Waals surface area contributed by atoms with Crippen LogP contribution < -0.4 is 5.32 Å². The molecule has 2 heteroatoms. The van der Waals surface area contributed by atoms with Gasteiger partial charge in [0.2, 0.25) is 0 Å². The summed E-state index contributed by atoms with van der Waals surface area (Å²) in [4.78, 5) is 4.08. The molecule has 0 amide bonds. The van der Waals surface area contributed by atoms with E-state index >= 15 is 0 Å². The second kappa shape index (κ2) is 8.58. The van der Waals surface area contributed by atoms with Crippen LogP contribution in [-0.4, -0.2) is 11.5 Å². The lowest BCUT2D eigenvalue weighted by atomic mass is 9.97. The Kier molecular flexibility index (Phi) is 6.42. The number of nitrogens with one attached hydrogen (secondary N) is 1. The number of pyridine rings is 1. The van der Waals surface area contributed by atoms with Gasteiger partial charge in [-0.2, -0.15) is 0 Å². The Balaban J connectivity index is 2.00. The van der Waals surface area contributed by atoms with Crippen molar-refractivity contribution in [3.8, 4) is 0 Å². The molecule has 1 heterocycles. The molecule has 1 unspecified atom stereocenters. The van der Waals surface area contributed by atoms with E-state index < -0.39 is 0 Å². The first-order valence-corrected chi connectivity index (χ1v) is 8.04. The van der Waals surface area contributed by atoms with Gasteiger partial charge in [-0.3, -0.25) is 4.98 Å². The van der Waals surface area contributed by atoms with Gasteiger partial charge in [-0.15, -0.1) is 0 Å². The zero-order valence-electron chi connectivity index (χ0n) is 13.2. The van der Waals surface area contributed by atoms with Gasteiger partial charge < -0.3 is 5.32 Å². The standard InChI is InChI=1S/C19H26N2/c1-3-5-16-6-9-18(10-7-16)19(21-4-2)11-8-17-12-14-20-15-13-17/h6-7,9-10,12-15,19,21H,3-5,8,11H2,1-2H3. The zero-order chi connectivity index (χ0) is 14.9. The number of rotatable bonds is 8. The Morgan fingerprint density at radius 1 is 0.905 bits per heavy atom. The van der Waals surface area contributed by atoms with Gasteiger partial charge in [-0.05, 0) is 54.6 Å². The summed E-state index contributed by atoms with van der Waals surface area (Å²) in [5.74, 6) is 0. The van der Waals surface area contributed by atoms with Crippen LogP contribution in [0, 0.1) is 0 Å². The lowest BCUT2D eigenvalue weighted by Crippen LogP contribution is -2.21. The molecule has 0 fully saturated rings. The summed E-state index contributed by atoms with van der Waals surface area (Å²) in [5, 5.41) is 3.60. The molecule has 0 aliphatic heterocycles. The molecule has 1 atom stereocenters. The predicted molar refractivity (Wildman–Crippen MR) is 89.4 cm³/mol. The first kappa shape index (κ1) is 15.7. The van der Waals surface area contributed by atoms with Crippen molar-refractivity contribution in [2.75, 3.05) is 6.54 Å². The molecule has 0 radical (unpaired) electrons. The molecule has 1 aromatic heterocycles. The third-order valence-corrected chi connectivity index (χ3v) is 3.84. The van der Waals surface area contributed by atoms with Crippen LogP contribution in [0.3, 0.4) is 0 Å². The van der Waals surface area contributed by atoms with Gasteiger partial charge in [0.1, 0.15) is 0 Å². The van der Waals surface area contributed by atoms with Gasteiger partial charge >= 0.3 is 0 Å². The molecule has 2 rings (SSSR count). The molecule has 0 aliphatic carbocycles. The van der Waals surface area contributed by atoms with E-state index in [9.17, 15) is 0 Å². The number of aryl methyl sites for hydroxylation is 2. The molecule has 112 valence electrons. The molecule has 1 N–H and O–H groups in total. The fraction of sp³-hybridized carbons (Fsp3) is 0.421. The Labute approximate surface area is 128 Å². The number of aromatic nitrogens is 1. The maximum Gasteiger partial charge on any atom is 0.0323 e. The topological polar surface area (TPSA) is 24.9 Å². The molecule has 0 aliphatic rings.